The van der Waals surface area contributed by atoms with E-state index in [-0.39, 0.29) is 22.8 Å². The van der Waals surface area contributed by atoms with E-state index in [4.69, 9.17) is 16.6 Å². The summed E-state index contributed by atoms with van der Waals surface area (Å²) < 4.78 is 60.3. The fourth-order valence-corrected chi connectivity index (χ4v) is 4.79. The van der Waals surface area contributed by atoms with Crippen molar-refractivity contribution in [3.63, 3.8) is 0 Å². The molecule has 0 radical (unpaired) electrons. The van der Waals surface area contributed by atoms with E-state index in [0.29, 0.717) is 31.7 Å². The summed E-state index contributed by atoms with van der Waals surface area (Å²) in [4.78, 5) is 1.96. The summed E-state index contributed by atoms with van der Waals surface area (Å²) in [5.41, 5.74) is 0.810. The Kier molecular flexibility index (Phi) is 5.78. The van der Waals surface area contributed by atoms with E-state index in [1.54, 1.807) is 4.68 Å². The molecule has 11 heteroatoms. The maximum absolute atomic E-state index is 13.4. The fraction of sp³-hybridized carbons (Fsp3) is 0.263. The highest BCUT2D eigenvalue weighted by Crippen LogP contribution is 2.21. The lowest BCUT2D eigenvalue weighted by Crippen LogP contribution is -2.48. The molecule has 0 saturated carbocycles. The van der Waals surface area contributed by atoms with Gasteiger partial charge in [-0.25, -0.2) is 21.9 Å². The molecule has 1 aliphatic heterocycles. The number of piperazine rings is 1. The lowest BCUT2D eigenvalue weighted by Gasteiger charge is -2.33. The predicted molar refractivity (Wildman–Crippen MR) is 107 cm³/mol. The van der Waals surface area contributed by atoms with Gasteiger partial charge in [0.2, 0.25) is 15.9 Å². The van der Waals surface area contributed by atoms with Crippen molar-refractivity contribution in [2.45, 2.75) is 11.6 Å². The predicted octanol–water partition coefficient (Wildman–Crippen LogP) is 3.11. The zero-order chi connectivity index (χ0) is 21.3. The normalized spacial score (nSPS) is 16.1. The molecule has 7 nitrogen and oxygen atoms in total. The van der Waals surface area contributed by atoms with E-state index in [1.165, 1.54) is 4.31 Å². The summed E-state index contributed by atoms with van der Waals surface area (Å²) in [5.74, 6) is -1.86. The van der Waals surface area contributed by atoms with Gasteiger partial charge in [-0.1, -0.05) is 18.2 Å². The summed E-state index contributed by atoms with van der Waals surface area (Å²) >= 11 is 5.25. The van der Waals surface area contributed by atoms with Gasteiger partial charge >= 0.3 is 0 Å². The van der Waals surface area contributed by atoms with Gasteiger partial charge in [-0.3, -0.25) is 4.90 Å². The van der Waals surface area contributed by atoms with Crippen molar-refractivity contribution >= 4 is 22.2 Å². The second-order valence-electron chi connectivity index (χ2n) is 6.78. The Morgan fingerprint density at radius 2 is 1.70 bits per heavy atom. The largest absolute Gasteiger partial charge is 0.409 e. The number of hydrogen-bond acceptors (Lipinski definition) is 6. The first-order valence-corrected chi connectivity index (χ1v) is 11.0. The van der Waals surface area contributed by atoms with Gasteiger partial charge in [0.25, 0.3) is 4.84 Å². The summed E-state index contributed by atoms with van der Waals surface area (Å²) in [7, 11) is -3.90. The van der Waals surface area contributed by atoms with Crippen molar-refractivity contribution in [3.05, 3.63) is 65.0 Å². The number of sulfonamides is 1. The van der Waals surface area contributed by atoms with Crippen LogP contribution >= 0.6 is 12.2 Å². The van der Waals surface area contributed by atoms with Crippen LogP contribution in [0.2, 0.25) is 0 Å². The minimum Gasteiger partial charge on any atom is -0.409 e. The van der Waals surface area contributed by atoms with Gasteiger partial charge in [-0.2, -0.15) is 4.31 Å². The first-order chi connectivity index (χ1) is 14.3. The van der Waals surface area contributed by atoms with Gasteiger partial charge < -0.3 is 4.42 Å². The van der Waals surface area contributed by atoms with Crippen LogP contribution in [0.3, 0.4) is 0 Å². The standard InChI is InChI=1S/C19H18F2N4O3S2/c20-16-7-6-15(12-17(16)21)30(26,27)24-10-8-23(9-11-24)13-25-19(29)28-18(22-25)14-4-2-1-3-5-14/h1-7,12H,8-11,13H2. The first-order valence-electron chi connectivity index (χ1n) is 9.15. The van der Waals surface area contributed by atoms with Gasteiger partial charge in [-0.15, -0.1) is 5.10 Å². The molecule has 0 atom stereocenters. The van der Waals surface area contributed by atoms with E-state index in [9.17, 15) is 17.2 Å². The van der Waals surface area contributed by atoms with Crippen LogP contribution in [0.4, 0.5) is 8.78 Å². The summed E-state index contributed by atoms with van der Waals surface area (Å²) in [5, 5.41) is 4.40. The van der Waals surface area contributed by atoms with E-state index >= 15 is 0 Å². The van der Waals surface area contributed by atoms with E-state index in [2.05, 4.69) is 5.10 Å². The van der Waals surface area contributed by atoms with Gasteiger partial charge in [0, 0.05) is 31.7 Å². The van der Waals surface area contributed by atoms with Crippen LogP contribution in [-0.2, 0) is 16.7 Å². The molecule has 3 aromatic rings. The molecule has 0 bridgehead atoms. The number of hydrogen-bond donors (Lipinski definition) is 0. The molecule has 2 heterocycles. The first kappa shape index (κ1) is 20.8. The quantitative estimate of drug-likeness (QED) is 0.554. The highest BCUT2D eigenvalue weighted by Gasteiger charge is 2.29. The lowest BCUT2D eigenvalue weighted by atomic mass is 10.2. The lowest BCUT2D eigenvalue weighted by molar-refractivity contribution is 0.143. The number of aromatic nitrogens is 2. The van der Waals surface area contributed by atoms with Crippen LogP contribution < -0.4 is 0 Å². The molecular weight excluding hydrogens is 434 g/mol. The zero-order valence-electron chi connectivity index (χ0n) is 15.7. The molecular formula is C19H18F2N4O3S2. The third kappa shape index (κ3) is 4.19. The van der Waals surface area contributed by atoms with Crippen LogP contribution in [-0.4, -0.2) is 53.6 Å². The highest BCUT2D eigenvalue weighted by atomic mass is 32.2. The molecule has 1 saturated heterocycles. The van der Waals surface area contributed by atoms with E-state index < -0.39 is 21.7 Å². The fourth-order valence-electron chi connectivity index (χ4n) is 3.18. The van der Waals surface area contributed by atoms with Crippen molar-refractivity contribution in [3.8, 4) is 11.5 Å². The molecule has 158 valence electrons. The maximum Gasteiger partial charge on any atom is 0.288 e. The Balaban J connectivity index is 1.42. The van der Waals surface area contributed by atoms with Gasteiger partial charge in [0.1, 0.15) is 0 Å². The number of rotatable bonds is 5. The van der Waals surface area contributed by atoms with Crippen LogP contribution in [0.1, 0.15) is 0 Å². The van der Waals surface area contributed by atoms with Crippen LogP contribution in [0, 0.1) is 16.5 Å². The Bertz CT molecular complexity index is 1200. The average molecular weight is 453 g/mol. The second kappa shape index (κ2) is 8.34. The second-order valence-corrected chi connectivity index (χ2v) is 9.07. The minimum absolute atomic E-state index is 0.206. The van der Waals surface area contributed by atoms with Gasteiger partial charge in [0.05, 0.1) is 11.6 Å². The number of halogens is 2. The van der Waals surface area contributed by atoms with Crippen molar-refractivity contribution in [2.75, 3.05) is 26.2 Å². The van der Waals surface area contributed by atoms with Gasteiger partial charge in [0.15, 0.2) is 11.6 Å². The summed E-state index contributed by atoms with van der Waals surface area (Å²) in [6.45, 7) is 1.63. The molecule has 0 unspecified atom stereocenters. The van der Waals surface area contributed by atoms with Crippen molar-refractivity contribution in [1.82, 2.24) is 19.0 Å². The Hall–Kier alpha value is -2.47. The molecule has 4 rings (SSSR count). The minimum atomic E-state index is -3.90. The van der Waals surface area contributed by atoms with Crippen LogP contribution in [0.15, 0.2) is 57.8 Å². The monoisotopic (exact) mass is 452 g/mol. The Morgan fingerprint density at radius 1 is 1.00 bits per heavy atom. The Morgan fingerprint density at radius 3 is 2.37 bits per heavy atom. The third-order valence-corrected chi connectivity index (χ3v) is 7.01. The van der Waals surface area contributed by atoms with E-state index in [1.807, 2.05) is 35.2 Å². The maximum atomic E-state index is 13.4. The highest BCUT2D eigenvalue weighted by molar-refractivity contribution is 7.89. The molecule has 2 aromatic carbocycles. The third-order valence-electron chi connectivity index (χ3n) is 4.82. The topological polar surface area (TPSA) is 71.6 Å². The van der Waals surface area contributed by atoms with Crippen LogP contribution in [0.25, 0.3) is 11.5 Å². The molecule has 1 fully saturated rings. The van der Waals surface area contributed by atoms with Crippen molar-refractivity contribution in [2.24, 2.45) is 0 Å². The van der Waals surface area contributed by atoms with Gasteiger partial charge in [-0.05, 0) is 42.5 Å². The number of nitrogens with zero attached hydrogens (tertiary/aromatic N) is 4. The Labute approximate surface area is 177 Å². The average Bonchev–Trinajstić information content (AvgIpc) is 3.11. The van der Waals surface area contributed by atoms with Crippen molar-refractivity contribution in [1.29, 1.82) is 0 Å². The van der Waals surface area contributed by atoms with Crippen LogP contribution in [0.5, 0.6) is 0 Å². The SMILES string of the molecule is O=S(=O)(c1ccc(F)c(F)c1)N1CCN(Cn2nc(-c3ccccc3)oc2=S)CC1. The summed E-state index contributed by atoms with van der Waals surface area (Å²) in [6.07, 6.45) is 0. The molecule has 30 heavy (non-hydrogen) atoms. The number of benzene rings is 2. The van der Waals surface area contributed by atoms with E-state index in [0.717, 1.165) is 17.7 Å². The smallest absolute Gasteiger partial charge is 0.288 e. The van der Waals surface area contributed by atoms with Crippen molar-refractivity contribution < 1.29 is 21.6 Å². The molecule has 1 aromatic heterocycles. The zero-order valence-corrected chi connectivity index (χ0v) is 17.4. The molecule has 0 N–H and O–H groups in total. The summed E-state index contributed by atoms with van der Waals surface area (Å²) in [6, 6.07) is 12.0. The molecule has 0 spiro atoms. The molecule has 0 amide bonds. The molecule has 0 aliphatic carbocycles. The molecule has 1 aliphatic rings.